The Kier molecular flexibility index (Phi) is 4.37. The summed E-state index contributed by atoms with van der Waals surface area (Å²) in [6, 6.07) is 0. The summed E-state index contributed by atoms with van der Waals surface area (Å²) >= 11 is 0. The summed E-state index contributed by atoms with van der Waals surface area (Å²) in [7, 11) is 0. The van der Waals surface area contributed by atoms with E-state index in [4.69, 9.17) is 0 Å². The van der Waals surface area contributed by atoms with Crippen LogP contribution in [0, 0.1) is 5.92 Å². The Morgan fingerprint density at radius 2 is 2.08 bits per heavy atom. The van der Waals surface area contributed by atoms with Crippen LogP contribution in [-0.2, 0) is 0 Å². The Bertz CT molecular complexity index is 134. The van der Waals surface area contributed by atoms with Crippen molar-refractivity contribution in [2.75, 3.05) is 0 Å². The molecule has 0 bridgehead atoms. The van der Waals surface area contributed by atoms with E-state index >= 15 is 0 Å². The average molecular weight is 168 g/mol. The third-order valence-electron chi connectivity index (χ3n) is 2.81. The number of aliphatic hydroxyl groups is 1. The molecule has 0 spiro atoms. The Morgan fingerprint density at radius 1 is 1.42 bits per heavy atom. The predicted octanol–water partition coefficient (Wildman–Crippen LogP) is 2.89. The second-order valence-corrected chi connectivity index (χ2v) is 3.76. The molecule has 70 valence electrons. The van der Waals surface area contributed by atoms with Crippen molar-refractivity contribution < 1.29 is 5.11 Å². The zero-order valence-electron chi connectivity index (χ0n) is 8.00. The fourth-order valence-corrected chi connectivity index (χ4v) is 2.01. The molecular formula is C11H20O. The second kappa shape index (κ2) is 5.36. The van der Waals surface area contributed by atoms with Crippen molar-refractivity contribution in [2.24, 2.45) is 5.92 Å². The van der Waals surface area contributed by atoms with E-state index in [2.05, 4.69) is 12.2 Å². The first-order valence-corrected chi connectivity index (χ1v) is 5.14. The van der Waals surface area contributed by atoms with Gasteiger partial charge in [-0.05, 0) is 38.5 Å². The summed E-state index contributed by atoms with van der Waals surface area (Å²) < 4.78 is 0. The van der Waals surface area contributed by atoms with E-state index in [1.165, 1.54) is 25.7 Å². The topological polar surface area (TPSA) is 20.2 Å². The number of rotatable bonds is 4. The fourth-order valence-electron chi connectivity index (χ4n) is 2.01. The van der Waals surface area contributed by atoms with Gasteiger partial charge in [0.1, 0.15) is 0 Å². The second-order valence-electron chi connectivity index (χ2n) is 3.76. The van der Waals surface area contributed by atoms with Gasteiger partial charge in [-0.1, -0.05) is 25.0 Å². The van der Waals surface area contributed by atoms with E-state index in [9.17, 15) is 5.11 Å². The van der Waals surface area contributed by atoms with Crippen molar-refractivity contribution in [3.63, 3.8) is 0 Å². The van der Waals surface area contributed by atoms with Crippen LogP contribution in [0.3, 0.4) is 0 Å². The average Bonchev–Trinajstić information content (AvgIpc) is 2.56. The molecule has 0 aliphatic heterocycles. The van der Waals surface area contributed by atoms with Gasteiger partial charge in [0.25, 0.3) is 0 Å². The molecule has 12 heavy (non-hydrogen) atoms. The van der Waals surface area contributed by atoms with Gasteiger partial charge in [0, 0.05) is 0 Å². The van der Waals surface area contributed by atoms with Gasteiger partial charge in [0.15, 0.2) is 0 Å². The van der Waals surface area contributed by atoms with Crippen molar-refractivity contribution in [1.29, 1.82) is 0 Å². The molecule has 0 amide bonds. The lowest BCUT2D eigenvalue weighted by Gasteiger charge is -2.16. The van der Waals surface area contributed by atoms with Crippen LogP contribution in [0.5, 0.6) is 0 Å². The molecule has 0 heterocycles. The molecule has 1 saturated carbocycles. The van der Waals surface area contributed by atoms with Crippen LogP contribution in [0.15, 0.2) is 12.2 Å². The molecule has 1 rings (SSSR count). The summed E-state index contributed by atoms with van der Waals surface area (Å²) in [5, 5.41) is 9.74. The predicted molar refractivity (Wildman–Crippen MR) is 52.0 cm³/mol. The third-order valence-corrected chi connectivity index (χ3v) is 2.81. The SMILES string of the molecule is C/C=C/CCC(O)C1CCCC1. The highest BCUT2D eigenvalue weighted by Crippen LogP contribution is 2.29. The molecule has 1 aliphatic rings. The van der Waals surface area contributed by atoms with Gasteiger partial charge in [0.05, 0.1) is 6.10 Å². The van der Waals surface area contributed by atoms with Crippen molar-refractivity contribution in [1.82, 2.24) is 0 Å². The molecule has 1 atom stereocenters. The minimum absolute atomic E-state index is 0.0382. The molecule has 0 saturated heterocycles. The maximum absolute atomic E-state index is 9.74. The lowest BCUT2D eigenvalue weighted by Crippen LogP contribution is -2.16. The first kappa shape index (κ1) is 9.79. The highest BCUT2D eigenvalue weighted by Gasteiger charge is 2.21. The molecule has 0 aromatic rings. The summed E-state index contributed by atoms with van der Waals surface area (Å²) in [5.41, 5.74) is 0. The molecule has 1 heteroatoms. The summed E-state index contributed by atoms with van der Waals surface area (Å²) in [5.74, 6) is 0.607. The van der Waals surface area contributed by atoms with Gasteiger partial charge in [0.2, 0.25) is 0 Å². The summed E-state index contributed by atoms with van der Waals surface area (Å²) in [6.07, 6.45) is 11.3. The Morgan fingerprint density at radius 3 is 2.67 bits per heavy atom. The van der Waals surface area contributed by atoms with Crippen molar-refractivity contribution in [2.45, 2.75) is 51.6 Å². The van der Waals surface area contributed by atoms with E-state index in [0.717, 1.165) is 12.8 Å². The number of hydrogen-bond acceptors (Lipinski definition) is 1. The number of aliphatic hydroxyl groups excluding tert-OH is 1. The van der Waals surface area contributed by atoms with Gasteiger partial charge in [-0.3, -0.25) is 0 Å². The zero-order chi connectivity index (χ0) is 8.81. The van der Waals surface area contributed by atoms with E-state index in [-0.39, 0.29) is 6.10 Å². The Labute approximate surface area is 75.5 Å². The number of allylic oxidation sites excluding steroid dienone is 2. The van der Waals surface area contributed by atoms with Crippen molar-refractivity contribution in [3.8, 4) is 0 Å². The lowest BCUT2D eigenvalue weighted by molar-refractivity contribution is 0.103. The molecular weight excluding hydrogens is 148 g/mol. The smallest absolute Gasteiger partial charge is 0.0571 e. The quantitative estimate of drug-likeness (QED) is 0.640. The Hall–Kier alpha value is -0.300. The van der Waals surface area contributed by atoms with Crippen LogP contribution in [0.25, 0.3) is 0 Å². The standard InChI is InChI=1S/C11H20O/c1-2-3-4-9-11(12)10-7-5-6-8-10/h2-3,10-12H,4-9H2,1H3/b3-2+. The van der Waals surface area contributed by atoms with Crippen molar-refractivity contribution in [3.05, 3.63) is 12.2 Å². The van der Waals surface area contributed by atoms with Gasteiger partial charge in [-0.2, -0.15) is 0 Å². The van der Waals surface area contributed by atoms with Gasteiger partial charge < -0.3 is 5.11 Å². The summed E-state index contributed by atoms with van der Waals surface area (Å²) in [6.45, 7) is 2.03. The lowest BCUT2D eigenvalue weighted by atomic mass is 9.97. The molecule has 1 aliphatic carbocycles. The monoisotopic (exact) mass is 168 g/mol. The maximum Gasteiger partial charge on any atom is 0.0571 e. The van der Waals surface area contributed by atoms with E-state index in [1.54, 1.807) is 0 Å². The van der Waals surface area contributed by atoms with Crippen molar-refractivity contribution >= 4 is 0 Å². The molecule has 1 N–H and O–H groups in total. The first-order chi connectivity index (χ1) is 5.84. The third kappa shape index (κ3) is 2.98. The Balaban J connectivity index is 2.13. The van der Waals surface area contributed by atoms with Crippen LogP contribution in [0.1, 0.15) is 45.4 Å². The normalized spacial score (nSPS) is 22.2. The fraction of sp³-hybridized carbons (Fsp3) is 0.818. The minimum atomic E-state index is -0.0382. The highest BCUT2D eigenvalue weighted by atomic mass is 16.3. The van der Waals surface area contributed by atoms with Crippen LogP contribution in [0.2, 0.25) is 0 Å². The highest BCUT2D eigenvalue weighted by molar-refractivity contribution is 4.81. The molecule has 0 aromatic carbocycles. The van der Waals surface area contributed by atoms with Crippen LogP contribution >= 0.6 is 0 Å². The zero-order valence-corrected chi connectivity index (χ0v) is 8.00. The number of hydrogen-bond donors (Lipinski definition) is 1. The van der Waals surface area contributed by atoms with Crippen LogP contribution in [0.4, 0.5) is 0 Å². The maximum atomic E-state index is 9.74. The molecule has 1 nitrogen and oxygen atoms in total. The molecule has 1 fully saturated rings. The van der Waals surface area contributed by atoms with Crippen LogP contribution in [-0.4, -0.2) is 11.2 Å². The summed E-state index contributed by atoms with van der Waals surface area (Å²) in [4.78, 5) is 0. The molecule has 0 aromatic heterocycles. The molecule has 0 radical (unpaired) electrons. The van der Waals surface area contributed by atoms with Gasteiger partial charge in [-0.15, -0.1) is 0 Å². The first-order valence-electron chi connectivity index (χ1n) is 5.14. The van der Waals surface area contributed by atoms with E-state index in [1.807, 2.05) is 6.92 Å². The molecule has 1 unspecified atom stereocenters. The van der Waals surface area contributed by atoms with E-state index < -0.39 is 0 Å². The van der Waals surface area contributed by atoms with Crippen LogP contribution < -0.4 is 0 Å². The van der Waals surface area contributed by atoms with Gasteiger partial charge in [-0.25, -0.2) is 0 Å². The van der Waals surface area contributed by atoms with E-state index in [0.29, 0.717) is 5.92 Å². The van der Waals surface area contributed by atoms with Gasteiger partial charge >= 0.3 is 0 Å². The minimum Gasteiger partial charge on any atom is -0.393 e. The largest absolute Gasteiger partial charge is 0.393 e.